The summed E-state index contributed by atoms with van der Waals surface area (Å²) in [7, 11) is 3.48. The van der Waals surface area contributed by atoms with Gasteiger partial charge < -0.3 is 19.4 Å². The summed E-state index contributed by atoms with van der Waals surface area (Å²) in [6.07, 6.45) is 0. The summed E-state index contributed by atoms with van der Waals surface area (Å²) in [6.45, 7) is 4.47. The number of carbonyl (C=O) groups excluding carboxylic acids is 1. The fourth-order valence-electron chi connectivity index (χ4n) is 2.86. The van der Waals surface area contributed by atoms with Gasteiger partial charge in [-0.25, -0.2) is 0 Å². The van der Waals surface area contributed by atoms with Crippen LogP contribution in [0.25, 0.3) is 0 Å². The fraction of sp³-hybridized carbons (Fsp3) is 0.318. The first-order valence-electron chi connectivity index (χ1n) is 9.74. The molecule has 1 N–H and O–H groups in total. The van der Waals surface area contributed by atoms with Crippen LogP contribution in [0.1, 0.15) is 31.2 Å². The lowest BCUT2D eigenvalue weighted by atomic mass is 10.0. The van der Waals surface area contributed by atoms with Crippen molar-refractivity contribution in [1.29, 1.82) is 0 Å². The second-order valence-electron chi connectivity index (χ2n) is 7.15. The molecule has 9 heteroatoms. The summed E-state index contributed by atoms with van der Waals surface area (Å²) in [5.74, 6) is 2.60. The van der Waals surface area contributed by atoms with Gasteiger partial charge >= 0.3 is 0 Å². The Morgan fingerprint density at radius 1 is 1.16 bits per heavy atom. The Bertz CT molecular complexity index is 1040. The lowest BCUT2D eigenvalue weighted by molar-refractivity contribution is -0.113. The highest BCUT2D eigenvalue weighted by molar-refractivity contribution is 9.10. The molecular formula is C22H25BrN4O3S. The molecule has 164 valence electrons. The van der Waals surface area contributed by atoms with Crippen molar-refractivity contribution in [2.24, 2.45) is 7.05 Å². The SMILES string of the molecule is COc1ccc(OCc2nnc(SCC(=O)Nc3ccc(Br)cc3C(C)C)n2C)cc1. The maximum Gasteiger partial charge on any atom is 0.234 e. The molecule has 0 saturated carbocycles. The van der Waals surface area contributed by atoms with Crippen molar-refractivity contribution in [1.82, 2.24) is 14.8 Å². The number of hydrogen-bond donors (Lipinski definition) is 1. The Labute approximate surface area is 194 Å². The van der Waals surface area contributed by atoms with Crippen molar-refractivity contribution in [2.45, 2.75) is 31.5 Å². The number of halogens is 1. The minimum absolute atomic E-state index is 0.0896. The Morgan fingerprint density at radius 3 is 2.55 bits per heavy atom. The monoisotopic (exact) mass is 504 g/mol. The molecule has 0 fully saturated rings. The van der Waals surface area contributed by atoms with E-state index >= 15 is 0 Å². The summed E-state index contributed by atoms with van der Waals surface area (Å²) in [5, 5.41) is 12.0. The molecule has 1 heterocycles. The quantitative estimate of drug-likeness (QED) is 0.412. The number of hydrogen-bond acceptors (Lipinski definition) is 6. The van der Waals surface area contributed by atoms with E-state index in [1.54, 1.807) is 7.11 Å². The Morgan fingerprint density at radius 2 is 1.87 bits per heavy atom. The fourth-order valence-corrected chi connectivity index (χ4v) is 3.97. The van der Waals surface area contributed by atoms with Gasteiger partial charge in [0.25, 0.3) is 0 Å². The van der Waals surface area contributed by atoms with E-state index in [4.69, 9.17) is 9.47 Å². The Hall–Kier alpha value is -2.52. The molecule has 0 saturated heterocycles. The van der Waals surface area contributed by atoms with Gasteiger partial charge in [0.1, 0.15) is 18.1 Å². The summed E-state index contributed by atoms with van der Waals surface area (Å²) >= 11 is 4.82. The molecule has 7 nitrogen and oxygen atoms in total. The van der Waals surface area contributed by atoms with Crippen LogP contribution >= 0.6 is 27.7 Å². The van der Waals surface area contributed by atoms with Crippen LogP contribution in [0.3, 0.4) is 0 Å². The Balaban J connectivity index is 1.55. The van der Waals surface area contributed by atoms with Gasteiger partial charge in [0.05, 0.1) is 12.9 Å². The van der Waals surface area contributed by atoms with Crippen LogP contribution in [0.15, 0.2) is 52.1 Å². The molecule has 3 rings (SSSR count). The van der Waals surface area contributed by atoms with Crippen molar-refractivity contribution in [3.63, 3.8) is 0 Å². The van der Waals surface area contributed by atoms with Crippen molar-refractivity contribution in [3.8, 4) is 11.5 Å². The number of rotatable bonds is 9. The molecule has 0 aliphatic carbocycles. The first kappa shape index (κ1) is 23.1. The lowest BCUT2D eigenvalue weighted by Gasteiger charge is -2.14. The van der Waals surface area contributed by atoms with E-state index in [0.717, 1.165) is 21.5 Å². The van der Waals surface area contributed by atoms with Gasteiger partial charge in [-0.2, -0.15) is 0 Å². The summed E-state index contributed by atoms with van der Waals surface area (Å²) in [6, 6.07) is 13.2. The molecule has 0 bridgehead atoms. The average molecular weight is 505 g/mol. The number of methoxy groups -OCH3 is 1. The zero-order chi connectivity index (χ0) is 22.4. The smallest absolute Gasteiger partial charge is 0.234 e. The first-order valence-corrected chi connectivity index (χ1v) is 11.5. The summed E-state index contributed by atoms with van der Waals surface area (Å²) in [5.41, 5.74) is 1.92. The van der Waals surface area contributed by atoms with Crippen molar-refractivity contribution >= 4 is 39.3 Å². The number of ether oxygens (including phenoxy) is 2. The number of benzene rings is 2. The molecule has 0 atom stereocenters. The van der Waals surface area contributed by atoms with Crippen LogP contribution < -0.4 is 14.8 Å². The van der Waals surface area contributed by atoms with E-state index < -0.39 is 0 Å². The number of anilines is 1. The van der Waals surface area contributed by atoms with Crippen molar-refractivity contribution in [2.75, 3.05) is 18.2 Å². The zero-order valence-corrected chi connectivity index (χ0v) is 20.3. The Kier molecular flexibility index (Phi) is 7.97. The molecule has 1 amide bonds. The van der Waals surface area contributed by atoms with E-state index in [1.165, 1.54) is 11.8 Å². The third-order valence-corrected chi connectivity index (χ3v) is 6.11. The van der Waals surface area contributed by atoms with E-state index in [2.05, 4.69) is 45.3 Å². The number of aromatic nitrogens is 3. The van der Waals surface area contributed by atoms with Crippen LogP contribution in [0.4, 0.5) is 5.69 Å². The third-order valence-electron chi connectivity index (χ3n) is 4.59. The zero-order valence-electron chi connectivity index (χ0n) is 17.9. The highest BCUT2D eigenvalue weighted by Gasteiger charge is 2.14. The number of carbonyl (C=O) groups is 1. The molecule has 3 aromatic rings. The van der Waals surface area contributed by atoms with Gasteiger partial charge in [0.15, 0.2) is 11.0 Å². The highest BCUT2D eigenvalue weighted by atomic mass is 79.9. The predicted molar refractivity (Wildman–Crippen MR) is 126 cm³/mol. The topological polar surface area (TPSA) is 78.3 Å². The van der Waals surface area contributed by atoms with Crippen molar-refractivity contribution < 1.29 is 14.3 Å². The normalized spacial score (nSPS) is 10.9. The molecule has 0 unspecified atom stereocenters. The molecule has 0 spiro atoms. The molecule has 1 aromatic heterocycles. The van der Waals surface area contributed by atoms with Gasteiger partial charge in [0.2, 0.25) is 5.91 Å². The average Bonchev–Trinajstić information content (AvgIpc) is 3.11. The van der Waals surface area contributed by atoms with Crippen LogP contribution in [0, 0.1) is 0 Å². The molecule has 0 aliphatic heterocycles. The largest absolute Gasteiger partial charge is 0.497 e. The first-order chi connectivity index (χ1) is 14.9. The van der Waals surface area contributed by atoms with Crippen LogP contribution in [0.2, 0.25) is 0 Å². The molecule has 2 aromatic carbocycles. The van der Waals surface area contributed by atoms with Gasteiger partial charge in [-0.15, -0.1) is 10.2 Å². The van der Waals surface area contributed by atoms with Crippen molar-refractivity contribution in [3.05, 3.63) is 58.3 Å². The van der Waals surface area contributed by atoms with Gasteiger partial charge in [-0.05, 0) is 53.9 Å². The third kappa shape index (κ3) is 6.24. The highest BCUT2D eigenvalue weighted by Crippen LogP contribution is 2.28. The molecule has 0 aliphatic rings. The summed E-state index contributed by atoms with van der Waals surface area (Å²) in [4.78, 5) is 12.5. The maximum atomic E-state index is 12.5. The molecule has 31 heavy (non-hydrogen) atoms. The maximum absolute atomic E-state index is 12.5. The second kappa shape index (κ2) is 10.7. The van der Waals surface area contributed by atoms with E-state index in [9.17, 15) is 4.79 Å². The number of nitrogens with one attached hydrogen (secondary N) is 1. The second-order valence-corrected chi connectivity index (χ2v) is 9.00. The lowest BCUT2D eigenvalue weighted by Crippen LogP contribution is -2.16. The number of amides is 1. The van der Waals surface area contributed by atoms with E-state index in [-0.39, 0.29) is 18.3 Å². The van der Waals surface area contributed by atoms with Gasteiger partial charge in [-0.3, -0.25) is 4.79 Å². The molecule has 0 radical (unpaired) electrons. The van der Waals surface area contributed by atoms with Crippen LogP contribution in [-0.2, 0) is 18.4 Å². The van der Waals surface area contributed by atoms with E-state index in [1.807, 2.05) is 54.1 Å². The minimum atomic E-state index is -0.0896. The summed E-state index contributed by atoms with van der Waals surface area (Å²) < 4.78 is 13.7. The predicted octanol–water partition coefficient (Wildman–Crippen LogP) is 5.02. The van der Waals surface area contributed by atoms with Gasteiger partial charge in [0, 0.05) is 17.2 Å². The van der Waals surface area contributed by atoms with Crippen LogP contribution in [-0.4, -0.2) is 33.5 Å². The van der Waals surface area contributed by atoms with Crippen LogP contribution in [0.5, 0.6) is 11.5 Å². The minimum Gasteiger partial charge on any atom is -0.497 e. The van der Waals surface area contributed by atoms with E-state index in [0.29, 0.717) is 22.6 Å². The molecular weight excluding hydrogens is 480 g/mol. The standard InChI is InChI=1S/C22H25BrN4O3S/c1-14(2)18-11-15(23)5-10-19(18)24-21(28)13-31-22-26-25-20(27(22)3)12-30-17-8-6-16(29-4)7-9-17/h5-11,14H,12-13H2,1-4H3,(H,24,28). The number of thioether (sulfide) groups is 1. The van der Waals surface area contributed by atoms with Gasteiger partial charge in [-0.1, -0.05) is 41.5 Å². The number of nitrogens with zero attached hydrogens (tertiary/aromatic N) is 3.